The van der Waals surface area contributed by atoms with Crippen LogP contribution >= 0.6 is 0 Å². The van der Waals surface area contributed by atoms with Gasteiger partial charge < -0.3 is 9.72 Å². The third-order valence-electron chi connectivity index (χ3n) is 3.19. The summed E-state index contributed by atoms with van der Waals surface area (Å²) in [5.41, 5.74) is 2.46. The quantitative estimate of drug-likeness (QED) is 0.561. The average molecular weight is 351 g/mol. The van der Waals surface area contributed by atoms with Crippen LogP contribution in [0.3, 0.4) is 0 Å². The maximum atomic E-state index is 12.4. The molecule has 3 rings (SSSR count). The van der Waals surface area contributed by atoms with Crippen LogP contribution in [0.2, 0.25) is 0 Å². The molecule has 0 fully saturated rings. The van der Waals surface area contributed by atoms with Crippen molar-refractivity contribution in [1.29, 1.82) is 0 Å². The van der Waals surface area contributed by atoms with Crippen molar-refractivity contribution in [2.24, 2.45) is 0 Å². The minimum absolute atomic E-state index is 0. The fourth-order valence-electron chi connectivity index (χ4n) is 2.11. The number of hydrogen-bond acceptors (Lipinski definition) is 4. The van der Waals surface area contributed by atoms with Crippen LogP contribution in [-0.4, -0.2) is 29.0 Å². The van der Waals surface area contributed by atoms with Gasteiger partial charge in [-0.05, 0) is 18.2 Å². The second-order valence-corrected chi connectivity index (χ2v) is 4.63. The zero-order valence-corrected chi connectivity index (χ0v) is 13.2. The first-order valence-corrected chi connectivity index (χ1v) is 6.62. The van der Waals surface area contributed by atoms with Gasteiger partial charge in [0.25, 0.3) is 0 Å². The standard InChI is InChI=1S/C16H13N3O3.Fe/c1-22-16(21)19-15-17-12-8-7-11(9-13(12)18-15)14(20)10-5-3-2-4-6-10;/h2-9H,1H3,(H2,17,18,19,21);. The molecule has 0 aliphatic rings. The summed E-state index contributed by atoms with van der Waals surface area (Å²) < 4.78 is 4.51. The Labute approximate surface area is 142 Å². The van der Waals surface area contributed by atoms with Crippen LogP contribution in [0.25, 0.3) is 11.0 Å². The van der Waals surface area contributed by atoms with Crippen LogP contribution in [0.5, 0.6) is 0 Å². The van der Waals surface area contributed by atoms with Crippen molar-refractivity contribution in [2.45, 2.75) is 0 Å². The summed E-state index contributed by atoms with van der Waals surface area (Å²) >= 11 is 0. The molecule has 1 aromatic heterocycles. The minimum Gasteiger partial charge on any atom is -0.453 e. The number of methoxy groups -OCH3 is 1. The molecule has 6 nitrogen and oxygen atoms in total. The summed E-state index contributed by atoms with van der Waals surface area (Å²) in [5, 5.41) is 2.45. The van der Waals surface area contributed by atoms with Gasteiger partial charge in [0, 0.05) is 28.2 Å². The molecule has 0 saturated carbocycles. The number of nitrogens with zero attached hydrogens (tertiary/aromatic N) is 1. The SMILES string of the molecule is COC(=O)Nc1nc2cc(C(=O)c3ccccc3)ccc2[nH]1.[Fe]. The van der Waals surface area contributed by atoms with Gasteiger partial charge in [-0.25, -0.2) is 9.78 Å². The van der Waals surface area contributed by atoms with Crippen molar-refractivity contribution in [3.8, 4) is 0 Å². The fourth-order valence-corrected chi connectivity index (χ4v) is 2.11. The van der Waals surface area contributed by atoms with Gasteiger partial charge in [-0.1, -0.05) is 30.3 Å². The second kappa shape index (κ2) is 7.09. The Kier molecular flexibility index (Phi) is 5.16. The van der Waals surface area contributed by atoms with Crippen molar-refractivity contribution in [1.82, 2.24) is 9.97 Å². The zero-order chi connectivity index (χ0) is 15.5. The second-order valence-electron chi connectivity index (χ2n) is 4.63. The molecule has 3 aromatic rings. The molecule has 2 aromatic carbocycles. The van der Waals surface area contributed by atoms with Crippen molar-refractivity contribution >= 4 is 28.9 Å². The van der Waals surface area contributed by atoms with E-state index >= 15 is 0 Å². The first-order chi connectivity index (χ1) is 10.7. The number of aromatic amines is 1. The molecule has 1 amide bonds. The smallest absolute Gasteiger partial charge is 0.413 e. The molecule has 0 bridgehead atoms. The largest absolute Gasteiger partial charge is 0.453 e. The van der Waals surface area contributed by atoms with Crippen molar-refractivity contribution in [3.63, 3.8) is 0 Å². The van der Waals surface area contributed by atoms with E-state index in [1.54, 1.807) is 30.3 Å². The Hall–Kier alpha value is -2.63. The number of anilines is 1. The number of benzene rings is 2. The Morgan fingerprint density at radius 3 is 2.52 bits per heavy atom. The Morgan fingerprint density at radius 2 is 1.83 bits per heavy atom. The Balaban J connectivity index is 0.00000192. The van der Waals surface area contributed by atoms with Crippen molar-refractivity contribution < 1.29 is 31.4 Å². The number of hydrogen-bond donors (Lipinski definition) is 2. The van der Waals surface area contributed by atoms with Gasteiger partial charge in [0.15, 0.2) is 5.78 Å². The topological polar surface area (TPSA) is 84.1 Å². The van der Waals surface area contributed by atoms with Gasteiger partial charge in [-0.3, -0.25) is 10.1 Å². The maximum absolute atomic E-state index is 12.4. The summed E-state index contributed by atoms with van der Waals surface area (Å²) in [5.74, 6) is 0.194. The first kappa shape index (κ1) is 16.7. The summed E-state index contributed by atoms with van der Waals surface area (Å²) in [6.45, 7) is 0. The zero-order valence-electron chi connectivity index (χ0n) is 12.1. The van der Waals surface area contributed by atoms with Gasteiger partial charge in [0.1, 0.15) is 0 Å². The van der Waals surface area contributed by atoms with E-state index in [-0.39, 0.29) is 28.8 Å². The molecule has 0 aliphatic carbocycles. The van der Waals surface area contributed by atoms with Gasteiger partial charge in [0.2, 0.25) is 5.95 Å². The minimum atomic E-state index is -0.611. The van der Waals surface area contributed by atoms with Gasteiger partial charge >= 0.3 is 6.09 Å². The predicted octanol–water partition coefficient (Wildman–Crippen LogP) is 2.97. The summed E-state index contributed by atoms with van der Waals surface area (Å²) in [6, 6.07) is 14.2. The fraction of sp³-hybridized carbons (Fsp3) is 0.0625. The summed E-state index contributed by atoms with van der Waals surface area (Å²) in [6.07, 6.45) is -0.611. The average Bonchev–Trinajstić information content (AvgIpc) is 2.96. The number of amides is 1. The summed E-state index contributed by atoms with van der Waals surface area (Å²) in [7, 11) is 1.27. The van der Waals surface area contributed by atoms with E-state index in [9.17, 15) is 9.59 Å². The molecule has 1 heterocycles. The number of carbonyl (C=O) groups is 2. The monoisotopic (exact) mass is 351 g/mol. The van der Waals surface area contributed by atoms with E-state index in [1.165, 1.54) is 7.11 Å². The maximum Gasteiger partial charge on any atom is 0.413 e. The normalized spacial score (nSPS) is 9.96. The van der Waals surface area contributed by atoms with Crippen LogP contribution in [0.15, 0.2) is 48.5 Å². The van der Waals surface area contributed by atoms with Crippen LogP contribution in [0.4, 0.5) is 10.7 Å². The molecule has 0 aliphatic heterocycles. The van der Waals surface area contributed by atoms with Crippen LogP contribution in [0, 0.1) is 0 Å². The number of carbonyl (C=O) groups excluding carboxylic acids is 2. The van der Waals surface area contributed by atoms with Crippen molar-refractivity contribution in [3.05, 3.63) is 59.7 Å². The van der Waals surface area contributed by atoms with Crippen LogP contribution in [0.1, 0.15) is 15.9 Å². The van der Waals surface area contributed by atoms with E-state index in [1.807, 2.05) is 18.2 Å². The number of nitrogens with one attached hydrogen (secondary N) is 2. The number of imidazole rings is 1. The molecule has 7 heteroatoms. The first-order valence-electron chi connectivity index (χ1n) is 6.62. The number of aromatic nitrogens is 2. The third kappa shape index (κ3) is 3.59. The van der Waals surface area contributed by atoms with Gasteiger partial charge in [0.05, 0.1) is 18.1 Å². The van der Waals surface area contributed by atoms with E-state index in [0.29, 0.717) is 16.6 Å². The molecule has 23 heavy (non-hydrogen) atoms. The van der Waals surface area contributed by atoms with E-state index in [4.69, 9.17) is 0 Å². The Bertz CT molecular complexity index is 846. The van der Waals surface area contributed by atoms with Crippen molar-refractivity contribution in [2.75, 3.05) is 12.4 Å². The van der Waals surface area contributed by atoms with Gasteiger partial charge in [-0.2, -0.15) is 0 Å². The molecular weight excluding hydrogens is 338 g/mol. The molecule has 118 valence electrons. The molecule has 0 spiro atoms. The number of ketones is 1. The third-order valence-corrected chi connectivity index (χ3v) is 3.19. The predicted molar refractivity (Wildman–Crippen MR) is 82.0 cm³/mol. The van der Waals surface area contributed by atoms with Crippen LogP contribution < -0.4 is 5.32 Å². The number of rotatable bonds is 3. The van der Waals surface area contributed by atoms with Crippen LogP contribution in [-0.2, 0) is 21.8 Å². The molecular formula is C16H13FeN3O3. The summed E-state index contributed by atoms with van der Waals surface area (Å²) in [4.78, 5) is 30.7. The van der Waals surface area contributed by atoms with Gasteiger partial charge in [-0.15, -0.1) is 0 Å². The molecule has 0 unspecified atom stereocenters. The van der Waals surface area contributed by atoms with E-state index in [0.717, 1.165) is 5.52 Å². The number of ether oxygens (including phenoxy) is 1. The van der Waals surface area contributed by atoms with E-state index in [2.05, 4.69) is 20.0 Å². The van der Waals surface area contributed by atoms with E-state index < -0.39 is 6.09 Å². The molecule has 0 saturated heterocycles. The number of fused-ring (bicyclic) bond motifs is 1. The molecule has 2 N–H and O–H groups in total. The molecule has 0 radical (unpaired) electrons. The molecule has 0 atom stereocenters. The Morgan fingerprint density at radius 1 is 1.09 bits per heavy atom. The number of H-pyrrole nitrogens is 1.